The van der Waals surface area contributed by atoms with Gasteiger partial charge < -0.3 is 10.6 Å². The Bertz CT molecular complexity index is 963. The molecule has 2 N–H and O–H groups in total. The smallest absolute Gasteiger partial charge is 0.308 e. The fraction of sp³-hybridized carbons (Fsp3) is 0.188. The summed E-state index contributed by atoms with van der Waals surface area (Å²) in [5.74, 6) is 0. The van der Waals surface area contributed by atoms with Crippen LogP contribution in [-0.4, -0.2) is 32.8 Å². The molecule has 0 aromatic heterocycles. The first kappa shape index (κ1) is 21.0. The summed E-state index contributed by atoms with van der Waals surface area (Å²) >= 11 is 5.91. The maximum Gasteiger partial charge on any atom is 0.416 e. The van der Waals surface area contributed by atoms with Crippen molar-refractivity contribution in [1.82, 2.24) is 4.31 Å². The highest BCUT2D eigenvalue weighted by Gasteiger charge is 2.30. The second kappa shape index (κ2) is 7.75. The standard InChI is InChI=1S/C16H15ClF3N3O3S/c1-23(2)27(25,26)14-9-12(6-7-13(14)17)22-15(24)21-11-5-3-4-10(8-11)16(18,19)20/h3-9H,1-2H3,(H2,21,22,24). The third kappa shape index (κ3) is 5.12. The summed E-state index contributed by atoms with van der Waals surface area (Å²) in [4.78, 5) is 11.8. The number of benzene rings is 2. The highest BCUT2D eigenvalue weighted by Crippen LogP contribution is 2.31. The molecule has 2 aromatic rings. The molecule has 0 aliphatic rings. The van der Waals surface area contributed by atoms with Crippen molar-refractivity contribution in [2.24, 2.45) is 0 Å². The average Bonchev–Trinajstić information content (AvgIpc) is 2.55. The minimum absolute atomic E-state index is 0.0347. The highest BCUT2D eigenvalue weighted by atomic mass is 35.5. The predicted molar refractivity (Wildman–Crippen MR) is 96.4 cm³/mol. The summed E-state index contributed by atoms with van der Waals surface area (Å²) in [6.07, 6.45) is -4.54. The van der Waals surface area contributed by atoms with Gasteiger partial charge in [-0.1, -0.05) is 17.7 Å². The first-order valence-electron chi connectivity index (χ1n) is 7.38. The molecule has 2 rings (SSSR count). The van der Waals surface area contributed by atoms with E-state index in [1.165, 1.54) is 32.3 Å². The van der Waals surface area contributed by atoms with Gasteiger partial charge in [-0.3, -0.25) is 0 Å². The fourth-order valence-corrected chi connectivity index (χ4v) is 3.44. The average molecular weight is 422 g/mol. The lowest BCUT2D eigenvalue weighted by atomic mass is 10.2. The van der Waals surface area contributed by atoms with Crippen LogP contribution in [0, 0.1) is 0 Å². The molecule has 0 saturated heterocycles. The normalized spacial score (nSPS) is 12.1. The Morgan fingerprint density at radius 1 is 1.04 bits per heavy atom. The van der Waals surface area contributed by atoms with Gasteiger partial charge in [-0.2, -0.15) is 13.2 Å². The number of halogens is 4. The van der Waals surface area contributed by atoms with E-state index in [0.717, 1.165) is 28.6 Å². The van der Waals surface area contributed by atoms with Crippen molar-refractivity contribution >= 4 is 39.0 Å². The molecule has 0 atom stereocenters. The van der Waals surface area contributed by atoms with Crippen molar-refractivity contribution < 1.29 is 26.4 Å². The van der Waals surface area contributed by atoms with Gasteiger partial charge in [0.25, 0.3) is 0 Å². The van der Waals surface area contributed by atoms with E-state index in [9.17, 15) is 26.4 Å². The number of rotatable bonds is 4. The molecule has 0 spiro atoms. The number of carbonyl (C=O) groups excluding carboxylic acids is 1. The molecule has 2 aromatic carbocycles. The van der Waals surface area contributed by atoms with Gasteiger partial charge in [-0.05, 0) is 36.4 Å². The van der Waals surface area contributed by atoms with E-state index < -0.39 is 27.8 Å². The number of anilines is 2. The van der Waals surface area contributed by atoms with Crippen LogP contribution in [0.15, 0.2) is 47.4 Å². The second-order valence-electron chi connectivity index (χ2n) is 5.59. The zero-order valence-electron chi connectivity index (χ0n) is 14.1. The number of hydrogen-bond donors (Lipinski definition) is 2. The van der Waals surface area contributed by atoms with Crippen LogP contribution in [0.4, 0.5) is 29.3 Å². The van der Waals surface area contributed by atoms with E-state index >= 15 is 0 Å². The quantitative estimate of drug-likeness (QED) is 0.774. The van der Waals surface area contributed by atoms with Gasteiger partial charge in [0.05, 0.1) is 10.6 Å². The molecule has 0 bridgehead atoms. The Balaban J connectivity index is 2.20. The van der Waals surface area contributed by atoms with E-state index in [4.69, 9.17) is 11.6 Å². The number of nitrogens with zero attached hydrogens (tertiary/aromatic N) is 1. The Labute approximate surface area is 159 Å². The van der Waals surface area contributed by atoms with Crippen LogP contribution in [0.25, 0.3) is 0 Å². The maximum atomic E-state index is 12.7. The zero-order valence-corrected chi connectivity index (χ0v) is 15.7. The van der Waals surface area contributed by atoms with Gasteiger partial charge in [0.15, 0.2) is 0 Å². The van der Waals surface area contributed by atoms with Gasteiger partial charge in [0.1, 0.15) is 4.90 Å². The first-order valence-corrected chi connectivity index (χ1v) is 9.20. The van der Waals surface area contributed by atoms with Crippen LogP contribution in [0.1, 0.15) is 5.56 Å². The van der Waals surface area contributed by atoms with Crippen LogP contribution >= 0.6 is 11.6 Å². The maximum absolute atomic E-state index is 12.7. The summed E-state index contributed by atoms with van der Waals surface area (Å²) in [5, 5.41) is 4.58. The molecule has 11 heteroatoms. The van der Waals surface area contributed by atoms with Gasteiger partial charge in [0.2, 0.25) is 10.0 Å². The molecule has 2 amide bonds. The molecule has 0 saturated carbocycles. The monoisotopic (exact) mass is 421 g/mol. The molecule has 0 heterocycles. The van der Waals surface area contributed by atoms with Crippen molar-refractivity contribution in [1.29, 1.82) is 0 Å². The zero-order chi connectivity index (χ0) is 20.4. The fourth-order valence-electron chi connectivity index (χ4n) is 2.04. The van der Waals surface area contributed by atoms with Crippen molar-refractivity contribution in [3.63, 3.8) is 0 Å². The highest BCUT2D eigenvalue weighted by molar-refractivity contribution is 7.89. The minimum atomic E-state index is -4.54. The summed E-state index contributed by atoms with van der Waals surface area (Å²) in [6, 6.07) is 7.07. The number of nitrogens with one attached hydrogen (secondary N) is 2. The number of alkyl halides is 3. The molecule has 0 aliphatic carbocycles. The Morgan fingerprint density at radius 2 is 1.63 bits per heavy atom. The predicted octanol–water partition coefficient (Wildman–Crippen LogP) is 4.25. The van der Waals surface area contributed by atoms with Crippen LogP contribution in [0.5, 0.6) is 0 Å². The topological polar surface area (TPSA) is 78.5 Å². The Hall–Kier alpha value is -2.30. The van der Waals surface area contributed by atoms with E-state index in [1.807, 2.05) is 0 Å². The molecule has 0 aliphatic heterocycles. The van der Waals surface area contributed by atoms with Gasteiger partial charge in [-0.25, -0.2) is 17.5 Å². The van der Waals surface area contributed by atoms with Gasteiger partial charge in [0, 0.05) is 25.5 Å². The third-order valence-electron chi connectivity index (χ3n) is 3.40. The number of carbonyl (C=O) groups is 1. The van der Waals surface area contributed by atoms with Gasteiger partial charge >= 0.3 is 12.2 Å². The van der Waals surface area contributed by atoms with E-state index in [1.54, 1.807) is 0 Å². The van der Waals surface area contributed by atoms with Gasteiger partial charge in [-0.15, -0.1) is 0 Å². The lowest BCUT2D eigenvalue weighted by Gasteiger charge is -2.14. The Kier molecular flexibility index (Phi) is 6.03. The number of amides is 2. The first-order chi connectivity index (χ1) is 12.4. The molecule has 27 heavy (non-hydrogen) atoms. The molecule has 0 fully saturated rings. The van der Waals surface area contributed by atoms with Crippen molar-refractivity contribution in [3.05, 3.63) is 53.1 Å². The number of hydrogen-bond acceptors (Lipinski definition) is 3. The molecular weight excluding hydrogens is 407 g/mol. The molecular formula is C16H15ClF3N3O3S. The van der Waals surface area contributed by atoms with Crippen LogP contribution in [-0.2, 0) is 16.2 Å². The van der Waals surface area contributed by atoms with Crippen LogP contribution in [0.2, 0.25) is 5.02 Å². The summed E-state index contributed by atoms with van der Waals surface area (Å²) < 4.78 is 63.5. The lowest BCUT2D eigenvalue weighted by molar-refractivity contribution is -0.137. The lowest BCUT2D eigenvalue weighted by Crippen LogP contribution is -2.23. The summed E-state index contributed by atoms with van der Waals surface area (Å²) in [6.45, 7) is 0. The minimum Gasteiger partial charge on any atom is -0.308 e. The van der Waals surface area contributed by atoms with Crippen molar-refractivity contribution in [2.75, 3.05) is 24.7 Å². The second-order valence-corrected chi connectivity index (χ2v) is 8.12. The molecule has 0 radical (unpaired) electrons. The molecule has 0 unspecified atom stereocenters. The van der Waals surface area contributed by atoms with Crippen LogP contribution < -0.4 is 10.6 Å². The summed E-state index contributed by atoms with van der Waals surface area (Å²) in [7, 11) is -1.19. The SMILES string of the molecule is CN(C)S(=O)(=O)c1cc(NC(=O)Nc2cccc(C(F)(F)F)c2)ccc1Cl. The van der Waals surface area contributed by atoms with Crippen LogP contribution in [0.3, 0.4) is 0 Å². The van der Waals surface area contributed by atoms with E-state index in [-0.39, 0.29) is 21.3 Å². The number of sulfonamides is 1. The largest absolute Gasteiger partial charge is 0.416 e. The molecule has 146 valence electrons. The van der Waals surface area contributed by atoms with Crippen molar-refractivity contribution in [3.8, 4) is 0 Å². The molecule has 6 nitrogen and oxygen atoms in total. The van der Waals surface area contributed by atoms with E-state index in [2.05, 4.69) is 10.6 Å². The van der Waals surface area contributed by atoms with Crippen molar-refractivity contribution in [2.45, 2.75) is 11.1 Å². The Morgan fingerprint density at radius 3 is 2.19 bits per heavy atom. The third-order valence-corrected chi connectivity index (χ3v) is 5.69. The van der Waals surface area contributed by atoms with E-state index in [0.29, 0.717) is 0 Å². The summed E-state index contributed by atoms with van der Waals surface area (Å²) in [5.41, 5.74) is -0.882. The number of urea groups is 1.